The summed E-state index contributed by atoms with van der Waals surface area (Å²) in [5.74, 6) is 2.36. The number of fused-ring (bicyclic) bond motifs is 1. The highest BCUT2D eigenvalue weighted by molar-refractivity contribution is 5.77. The average Bonchev–Trinajstić information content (AvgIpc) is 2.64. The maximum Gasteiger partial charge on any atom is 0.258 e. The van der Waals surface area contributed by atoms with Crippen LogP contribution in [0.2, 0.25) is 0 Å². The first-order valence-electron chi connectivity index (χ1n) is 8.91. The Balaban J connectivity index is 1.49. The number of carbonyl (C=O) groups is 1. The van der Waals surface area contributed by atoms with Crippen molar-refractivity contribution in [3.8, 4) is 17.2 Å². The van der Waals surface area contributed by atoms with E-state index in [1.54, 1.807) is 0 Å². The molecule has 0 radical (unpaired) electrons. The van der Waals surface area contributed by atoms with Crippen molar-refractivity contribution in [2.24, 2.45) is 0 Å². The van der Waals surface area contributed by atoms with Crippen molar-refractivity contribution < 1.29 is 19.0 Å². The van der Waals surface area contributed by atoms with Crippen LogP contribution >= 0.6 is 0 Å². The maximum absolute atomic E-state index is 12.1. The summed E-state index contributed by atoms with van der Waals surface area (Å²) >= 11 is 0. The zero-order valence-electron chi connectivity index (χ0n) is 15.5. The van der Waals surface area contributed by atoms with E-state index in [1.165, 1.54) is 0 Å². The van der Waals surface area contributed by atoms with Crippen molar-refractivity contribution in [2.75, 3.05) is 19.8 Å². The van der Waals surface area contributed by atoms with Crippen LogP contribution in [0.5, 0.6) is 17.2 Å². The van der Waals surface area contributed by atoms with Gasteiger partial charge in [0.25, 0.3) is 5.91 Å². The van der Waals surface area contributed by atoms with Gasteiger partial charge in [0.05, 0.1) is 6.54 Å². The minimum absolute atomic E-state index is 0.0205. The minimum Gasteiger partial charge on any atom is -0.486 e. The Labute approximate surface area is 154 Å². The predicted octanol–water partition coefficient (Wildman–Crippen LogP) is 3.45. The van der Waals surface area contributed by atoms with E-state index in [0.29, 0.717) is 24.8 Å². The van der Waals surface area contributed by atoms with Crippen LogP contribution in [0, 0.1) is 6.92 Å². The van der Waals surface area contributed by atoms with Gasteiger partial charge in [-0.3, -0.25) is 4.79 Å². The number of hydrogen-bond donors (Lipinski definition) is 1. The van der Waals surface area contributed by atoms with E-state index in [0.717, 1.165) is 22.6 Å². The number of aryl methyl sites for hydroxylation is 1. The van der Waals surface area contributed by atoms with Crippen LogP contribution in [0.15, 0.2) is 42.5 Å². The van der Waals surface area contributed by atoms with Crippen LogP contribution < -0.4 is 19.5 Å². The van der Waals surface area contributed by atoms with Crippen LogP contribution in [0.4, 0.5) is 0 Å². The van der Waals surface area contributed by atoms with Gasteiger partial charge in [0, 0.05) is 0 Å². The molecule has 0 bridgehead atoms. The van der Waals surface area contributed by atoms with E-state index in [1.807, 2.05) is 37.3 Å². The fourth-order valence-corrected chi connectivity index (χ4v) is 2.83. The molecular weight excluding hydrogens is 330 g/mol. The number of nitrogens with one attached hydrogen (secondary N) is 1. The number of hydrogen-bond acceptors (Lipinski definition) is 4. The van der Waals surface area contributed by atoms with Crippen LogP contribution in [0.3, 0.4) is 0 Å². The zero-order valence-corrected chi connectivity index (χ0v) is 15.5. The maximum atomic E-state index is 12.1. The molecule has 0 saturated carbocycles. The van der Waals surface area contributed by atoms with Crippen molar-refractivity contribution in [1.29, 1.82) is 0 Å². The first kappa shape index (κ1) is 18.1. The number of para-hydroxylation sites is 2. The normalized spacial score (nSPS) is 15.6. The Hall–Kier alpha value is -2.69. The fraction of sp³-hybridized carbons (Fsp3) is 0.381. The molecule has 1 atom stereocenters. The highest BCUT2D eigenvalue weighted by Crippen LogP contribution is 2.30. The second-order valence-corrected chi connectivity index (χ2v) is 6.79. The van der Waals surface area contributed by atoms with Gasteiger partial charge in [-0.1, -0.05) is 38.1 Å². The van der Waals surface area contributed by atoms with E-state index in [4.69, 9.17) is 14.2 Å². The number of amides is 1. The molecule has 1 aliphatic heterocycles. The van der Waals surface area contributed by atoms with Gasteiger partial charge < -0.3 is 19.5 Å². The molecule has 5 heteroatoms. The first-order chi connectivity index (χ1) is 12.5. The van der Waals surface area contributed by atoms with E-state index < -0.39 is 0 Å². The van der Waals surface area contributed by atoms with Gasteiger partial charge in [0.1, 0.15) is 18.5 Å². The van der Waals surface area contributed by atoms with Gasteiger partial charge in [-0.15, -0.1) is 0 Å². The standard InChI is InChI=1S/C21H25NO4/c1-14(2)17-9-8-15(3)10-20(17)25-13-21(23)22-11-16-12-24-18-6-4-5-7-19(18)26-16/h4-10,14,16H,11-13H2,1-3H3,(H,22,23)/t16-/m0/s1. The summed E-state index contributed by atoms with van der Waals surface area (Å²) in [4.78, 5) is 12.1. The Morgan fingerprint density at radius 1 is 1.23 bits per heavy atom. The van der Waals surface area contributed by atoms with Gasteiger partial charge in [0.15, 0.2) is 18.1 Å². The number of rotatable bonds is 6. The van der Waals surface area contributed by atoms with Crippen LogP contribution in [-0.2, 0) is 4.79 Å². The largest absolute Gasteiger partial charge is 0.486 e. The second kappa shape index (κ2) is 8.13. The Morgan fingerprint density at radius 3 is 2.77 bits per heavy atom. The zero-order chi connectivity index (χ0) is 18.5. The van der Waals surface area contributed by atoms with Crippen LogP contribution in [-0.4, -0.2) is 31.8 Å². The second-order valence-electron chi connectivity index (χ2n) is 6.79. The summed E-state index contributed by atoms with van der Waals surface area (Å²) in [6, 6.07) is 13.6. The molecule has 0 aromatic heterocycles. The van der Waals surface area contributed by atoms with Crippen LogP contribution in [0.1, 0.15) is 30.9 Å². The van der Waals surface area contributed by atoms with E-state index >= 15 is 0 Å². The van der Waals surface area contributed by atoms with E-state index in [9.17, 15) is 4.79 Å². The summed E-state index contributed by atoms with van der Waals surface area (Å²) in [6.45, 7) is 6.99. The van der Waals surface area contributed by atoms with E-state index in [-0.39, 0.29) is 18.6 Å². The van der Waals surface area contributed by atoms with Gasteiger partial charge in [-0.25, -0.2) is 0 Å². The molecule has 1 amide bonds. The van der Waals surface area contributed by atoms with Gasteiger partial charge in [0.2, 0.25) is 0 Å². The molecule has 138 valence electrons. The third-order valence-electron chi connectivity index (χ3n) is 4.24. The monoisotopic (exact) mass is 355 g/mol. The average molecular weight is 355 g/mol. The van der Waals surface area contributed by atoms with Crippen molar-refractivity contribution in [3.63, 3.8) is 0 Å². The molecule has 26 heavy (non-hydrogen) atoms. The molecule has 1 heterocycles. The highest BCUT2D eigenvalue weighted by Gasteiger charge is 2.21. The number of carbonyl (C=O) groups excluding carboxylic acids is 1. The molecule has 0 saturated heterocycles. The summed E-state index contributed by atoms with van der Waals surface area (Å²) in [5.41, 5.74) is 2.21. The van der Waals surface area contributed by atoms with Gasteiger partial charge in [-0.05, 0) is 42.2 Å². The Bertz CT molecular complexity index is 772. The Morgan fingerprint density at radius 2 is 2.00 bits per heavy atom. The smallest absolute Gasteiger partial charge is 0.258 e. The van der Waals surface area contributed by atoms with Crippen molar-refractivity contribution in [3.05, 3.63) is 53.6 Å². The lowest BCUT2D eigenvalue weighted by Crippen LogP contribution is -2.42. The van der Waals surface area contributed by atoms with Crippen LogP contribution in [0.25, 0.3) is 0 Å². The third-order valence-corrected chi connectivity index (χ3v) is 4.24. The van der Waals surface area contributed by atoms with Crippen molar-refractivity contribution >= 4 is 5.91 Å². The number of benzene rings is 2. The van der Waals surface area contributed by atoms with Crippen molar-refractivity contribution in [1.82, 2.24) is 5.32 Å². The lowest BCUT2D eigenvalue weighted by Gasteiger charge is -2.26. The molecule has 1 N–H and O–H groups in total. The summed E-state index contributed by atoms with van der Waals surface area (Å²) in [5, 5.41) is 2.85. The van der Waals surface area contributed by atoms with Crippen molar-refractivity contribution in [2.45, 2.75) is 32.8 Å². The molecule has 0 fully saturated rings. The summed E-state index contributed by atoms with van der Waals surface area (Å²) < 4.78 is 17.2. The lowest BCUT2D eigenvalue weighted by atomic mass is 10.0. The molecule has 1 aliphatic rings. The predicted molar refractivity (Wildman–Crippen MR) is 100 cm³/mol. The number of ether oxygens (including phenoxy) is 3. The van der Waals surface area contributed by atoms with Gasteiger partial charge >= 0.3 is 0 Å². The third kappa shape index (κ3) is 4.48. The summed E-state index contributed by atoms with van der Waals surface area (Å²) in [6.07, 6.45) is -0.209. The molecule has 3 rings (SSSR count). The van der Waals surface area contributed by atoms with E-state index in [2.05, 4.69) is 31.3 Å². The topological polar surface area (TPSA) is 56.8 Å². The Kier molecular flexibility index (Phi) is 5.66. The molecule has 2 aromatic rings. The molecular formula is C21H25NO4. The molecule has 5 nitrogen and oxygen atoms in total. The molecule has 0 unspecified atom stereocenters. The summed E-state index contributed by atoms with van der Waals surface area (Å²) in [7, 11) is 0. The quantitative estimate of drug-likeness (QED) is 0.862. The first-order valence-corrected chi connectivity index (χ1v) is 8.91. The minimum atomic E-state index is -0.209. The SMILES string of the molecule is Cc1ccc(C(C)C)c(OCC(=O)NC[C@H]2COc3ccccc3O2)c1. The fourth-order valence-electron chi connectivity index (χ4n) is 2.83. The molecule has 0 aliphatic carbocycles. The molecule has 0 spiro atoms. The molecule has 2 aromatic carbocycles. The van der Waals surface area contributed by atoms with Gasteiger partial charge in [-0.2, -0.15) is 0 Å². The lowest BCUT2D eigenvalue weighted by molar-refractivity contribution is -0.123. The highest BCUT2D eigenvalue weighted by atomic mass is 16.6.